The average Bonchev–Trinajstić information content (AvgIpc) is 2.42. The van der Waals surface area contributed by atoms with Crippen LogP contribution >= 0.6 is 0 Å². The van der Waals surface area contributed by atoms with E-state index in [0.29, 0.717) is 23.8 Å². The predicted octanol–water partition coefficient (Wildman–Crippen LogP) is 2.12. The van der Waals surface area contributed by atoms with Crippen molar-refractivity contribution in [2.75, 3.05) is 13.1 Å². The summed E-state index contributed by atoms with van der Waals surface area (Å²) in [6.45, 7) is 1.83. The van der Waals surface area contributed by atoms with E-state index in [1.807, 2.05) is 4.90 Å². The fourth-order valence-electron chi connectivity index (χ4n) is 5.55. The molecule has 4 aliphatic carbocycles. The quantitative estimate of drug-likeness (QED) is 0.772. The highest BCUT2D eigenvalue weighted by atomic mass is 16.3. The van der Waals surface area contributed by atoms with Crippen LogP contribution in [0.3, 0.4) is 0 Å². The van der Waals surface area contributed by atoms with Crippen LogP contribution in [0, 0.1) is 17.8 Å². The summed E-state index contributed by atoms with van der Waals surface area (Å²) in [5, 5.41) is 13.9. The Balaban J connectivity index is 1.43. The number of piperidine rings is 1. The van der Waals surface area contributed by atoms with Gasteiger partial charge >= 0.3 is 6.03 Å². The van der Waals surface area contributed by atoms with Gasteiger partial charge in [-0.1, -0.05) is 0 Å². The van der Waals surface area contributed by atoms with Crippen LogP contribution in [0.15, 0.2) is 0 Å². The zero-order chi connectivity index (χ0) is 13.7. The number of likely N-dealkylation sites (tertiary alicyclic amines) is 1. The molecule has 4 saturated carbocycles. The lowest BCUT2D eigenvalue weighted by atomic mass is 9.52. The summed E-state index contributed by atoms with van der Waals surface area (Å²) in [6.07, 6.45) is 8.79. The second-order valence-electron chi connectivity index (χ2n) is 7.72. The Hall–Kier alpha value is -0.770. The molecule has 5 fully saturated rings. The first-order chi connectivity index (χ1) is 9.63. The Morgan fingerprint density at radius 1 is 1.05 bits per heavy atom. The average molecular weight is 278 g/mol. The summed E-state index contributed by atoms with van der Waals surface area (Å²) < 4.78 is 0. The Morgan fingerprint density at radius 3 is 2.30 bits per heavy atom. The summed E-state index contributed by atoms with van der Waals surface area (Å²) >= 11 is 0. The van der Waals surface area contributed by atoms with Gasteiger partial charge in [0.15, 0.2) is 0 Å². The summed E-state index contributed by atoms with van der Waals surface area (Å²) in [5.41, 5.74) is -0.400. The Kier molecular flexibility index (Phi) is 2.99. The van der Waals surface area contributed by atoms with Gasteiger partial charge in [-0.3, -0.25) is 0 Å². The molecule has 0 spiro atoms. The zero-order valence-electron chi connectivity index (χ0n) is 12.2. The van der Waals surface area contributed by atoms with Gasteiger partial charge in [0.2, 0.25) is 0 Å². The topological polar surface area (TPSA) is 52.6 Å². The first-order valence-electron chi connectivity index (χ1n) is 8.41. The normalized spacial score (nSPS) is 46.5. The number of hydrogen-bond acceptors (Lipinski definition) is 2. The molecule has 1 aliphatic heterocycles. The first kappa shape index (κ1) is 12.9. The van der Waals surface area contributed by atoms with E-state index in [-0.39, 0.29) is 6.03 Å². The largest absolute Gasteiger partial charge is 0.390 e. The van der Waals surface area contributed by atoms with Crippen molar-refractivity contribution in [1.29, 1.82) is 0 Å². The van der Waals surface area contributed by atoms with Crippen molar-refractivity contribution in [2.24, 2.45) is 17.8 Å². The van der Waals surface area contributed by atoms with Gasteiger partial charge in [0.1, 0.15) is 0 Å². The van der Waals surface area contributed by atoms with Crippen molar-refractivity contribution in [1.82, 2.24) is 10.2 Å². The molecule has 0 radical (unpaired) electrons. The first-order valence-corrected chi connectivity index (χ1v) is 8.41. The molecule has 5 rings (SSSR count). The third-order valence-corrected chi connectivity index (χ3v) is 6.17. The molecular formula is C16H26N2O2. The van der Waals surface area contributed by atoms with E-state index < -0.39 is 5.60 Å². The minimum Gasteiger partial charge on any atom is -0.390 e. The van der Waals surface area contributed by atoms with E-state index in [4.69, 9.17) is 0 Å². The second-order valence-corrected chi connectivity index (χ2v) is 7.72. The molecule has 4 bridgehead atoms. The van der Waals surface area contributed by atoms with Crippen molar-refractivity contribution in [3.05, 3.63) is 0 Å². The van der Waals surface area contributed by atoms with Gasteiger partial charge in [-0.25, -0.2) is 4.79 Å². The number of aliphatic hydroxyl groups is 1. The van der Waals surface area contributed by atoms with E-state index in [1.165, 1.54) is 19.3 Å². The van der Waals surface area contributed by atoms with E-state index in [0.717, 1.165) is 45.2 Å². The Labute approximate surface area is 120 Å². The molecular weight excluding hydrogens is 252 g/mol. The third-order valence-electron chi connectivity index (χ3n) is 6.17. The van der Waals surface area contributed by atoms with Crippen molar-refractivity contribution >= 4 is 6.03 Å². The summed E-state index contributed by atoms with van der Waals surface area (Å²) in [7, 11) is 0. The Morgan fingerprint density at radius 2 is 1.70 bits per heavy atom. The molecule has 0 aromatic carbocycles. The van der Waals surface area contributed by atoms with Crippen LogP contribution < -0.4 is 5.32 Å². The maximum absolute atomic E-state index is 12.4. The van der Waals surface area contributed by atoms with Gasteiger partial charge in [-0.05, 0) is 69.1 Å². The van der Waals surface area contributed by atoms with Crippen molar-refractivity contribution in [2.45, 2.75) is 63.0 Å². The SMILES string of the molecule is O=C(NC1C2CC3CC1CC(O)(C3)C2)N1CCCCC1. The number of carbonyl (C=O) groups excluding carboxylic acids is 1. The number of hydrogen-bond donors (Lipinski definition) is 2. The van der Waals surface area contributed by atoms with E-state index in [9.17, 15) is 9.90 Å². The lowest BCUT2D eigenvalue weighted by Gasteiger charge is -2.58. The zero-order valence-corrected chi connectivity index (χ0v) is 12.2. The minimum atomic E-state index is -0.400. The molecule has 4 nitrogen and oxygen atoms in total. The Bertz CT molecular complexity index is 389. The van der Waals surface area contributed by atoms with Gasteiger partial charge in [0.25, 0.3) is 0 Å². The molecule has 2 atom stereocenters. The van der Waals surface area contributed by atoms with Crippen LogP contribution in [0.25, 0.3) is 0 Å². The highest BCUT2D eigenvalue weighted by molar-refractivity contribution is 5.74. The molecule has 2 amide bonds. The maximum Gasteiger partial charge on any atom is 0.317 e. The van der Waals surface area contributed by atoms with Crippen LogP contribution in [0.4, 0.5) is 4.79 Å². The summed E-state index contributed by atoms with van der Waals surface area (Å²) in [4.78, 5) is 14.4. The van der Waals surface area contributed by atoms with Gasteiger partial charge in [-0.15, -0.1) is 0 Å². The molecule has 2 unspecified atom stereocenters. The van der Waals surface area contributed by atoms with Crippen molar-refractivity contribution in [3.63, 3.8) is 0 Å². The van der Waals surface area contributed by atoms with Crippen LogP contribution in [0.5, 0.6) is 0 Å². The van der Waals surface area contributed by atoms with Crippen LogP contribution in [-0.2, 0) is 0 Å². The fraction of sp³-hybridized carbons (Fsp3) is 0.938. The van der Waals surface area contributed by atoms with E-state index >= 15 is 0 Å². The molecule has 0 aromatic rings. The molecule has 1 saturated heterocycles. The molecule has 0 aromatic heterocycles. The number of urea groups is 1. The maximum atomic E-state index is 12.4. The monoisotopic (exact) mass is 278 g/mol. The lowest BCUT2D eigenvalue weighted by Crippen LogP contribution is -2.63. The van der Waals surface area contributed by atoms with Crippen LogP contribution in [-0.4, -0.2) is 40.8 Å². The number of nitrogens with one attached hydrogen (secondary N) is 1. The smallest absolute Gasteiger partial charge is 0.317 e. The van der Waals surface area contributed by atoms with E-state index in [1.54, 1.807) is 0 Å². The highest BCUT2D eigenvalue weighted by Crippen LogP contribution is 2.55. The van der Waals surface area contributed by atoms with Crippen LogP contribution in [0.1, 0.15) is 51.4 Å². The lowest BCUT2D eigenvalue weighted by molar-refractivity contribution is -0.137. The fourth-order valence-corrected chi connectivity index (χ4v) is 5.55. The minimum absolute atomic E-state index is 0.147. The van der Waals surface area contributed by atoms with Gasteiger partial charge in [0, 0.05) is 19.1 Å². The van der Waals surface area contributed by atoms with Crippen LogP contribution in [0.2, 0.25) is 0 Å². The molecule has 2 N–H and O–H groups in total. The van der Waals surface area contributed by atoms with E-state index in [2.05, 4.69) is 5.32 Å². The highest BCUT2D eigenvalue weighted by Gasteiger charge is 2.55. The molecule has 4 heteroatoms. The van der Waals surface area contributed by atoms with Gasteiger partial charge < -0.3 is 15.3 Å². The van der Waals surface area contributed by atoms with Crippen molar-refractivity contribution < 1.29 is 9.90 Å². The molecule has 112 valence electrons. The third kappa shape index (κ3) is 2.12. The number of rotatable bonds is 1. The number of amides is 2. The molecule has 1 heterocycles. The summed E-state index contributed by atoms with van der Waals surface area (Å²) in [6, 6.07) is 0.468. The van der Waals surface area contributed by atoms with Gasteiger partial charge in [-0.2, -0.15) is 0 Å². The number of nitrogens with zero attached hydrogens (tertiary/aromatic N) is 1. The van der Waals surface area contributed by atoms with Crippen molar-refractivity contribution in [3.8, 4) is 0 Å². The number of carbonyl (C=O) groups is 1. The molecule has 5 aliphatic rings. The standard InChI is InChI=1S/C16H26N2O2/c19-15(18-4-2-1-3-5-18)17-14-12-6-11-7-13(14)10-16(20,8-11)9-12/h11-14,20H,1-10H2,(H,17,19). The second kappa shape index (κ2) is 4.62. The molecule has 20 heavy (non-hydrogen) atoms. The van der Waals surface area contributed by atoms with Gasteiger partial charge in [0.05, 0.1) is 5.60 Å². The predicted molar refractivity (Wildman–Crippen MR) is 76.2 cm³/mol. The summed E-state index contributed by atoms with van der Waals surface area (Å²) in [5.74, 6) is 1.74.